The fourth-order valence-electron chi connectivity index (χ4n) is 3.84. The molecule has 2 aromatic heterocycles. The van der Waals surface area contributed by atoms with Crippen LogP contribution in [0.25, 0.3) is 11.3 Å². The van der Waals surface area contributed by atoms with Gasteiger partial charge in [-0.3, -0.25) is 4.79 Å². The summed E-state index contributed by atoms with van der Waals surface area (Å²) < 4.78 is 13.8. The minimum absolute atomic E-state index is 0.00382. The summed E-state index contributed by atoms with van der Waals surface area (Å²) in [5, 5.41) is 13.6. The topological polar surface area (TPSA) is 78.3 Å². The van der Waals surface area contributed by atoms with E-state index in [0.29, 0.717) is 19.6 Å². The van der Waals surface area contributed by atoms with Crippen molar-refractivity contribution in [3.8, 4) is 11.3 Å². The lowest BCUT2D eigenvalue weighted by Crippen LogP contribution is -2.44. The van der Waals surface area contributed by atoms with E-state index in [1.807, 2.05) is 58.7 Å². The molecular weight excluding hydrogens is 376 g/mol. The highest BCUT2D eigenvalue weighted by Crippen LogP contribution is 2.34. The fraction of sp³-hybridized carbons (Fsp3) is 0.350. The quantitative estimate of drug-likeness (QED) is 0.714. The van der Waals surface area contributed by atoms with E-state index >= 15 is 0 Å². The molecule has 7 nitrogen and oxygen atoms in total. The number of ether oxygens (including phenoxy) is 2. The molecule has 0 bridgehead atoms. The molecule has 1 N–H and O–H groups in total. The molecule has 4 atom stereocenters. The van der Waals surface area contributed by atoms with Gasteiger partial charge in [0.2, 0.25) is 5.91 Å². The highest BCUT2D eigenvalue weighted by Gasteiger charge is 2.49. The van der Waals surface area contributed by atoms with E-state index in [1.165, 1.54) is 0 Å². The van der Waals surface area contributed by atoms with Gasteiger partial charge in [0.15, 0.2) is 0 Å². The van der Waals surface area contributed by atoms with Gasteiger partial charge in [0.05, 0.1) is 31.9 Å². The Kier molecular flexibility index (Phi) is 4.67. The fourth-order valence-corrected chi connectivity index (χ4v) is 4.54. The molecule has 144 valence electrons. The van der Waals surface area contributed by atoms with Gasteiger partial charge >= 0.3 is 0 Å². The molecule has 1 amide bonds. The summed E-state index contributed by atoms with van der Waals surface area (Å²) in [7, 11) is 0. The molecule has 2 fully saturated rings. The number of carbonyl (C=O) groups excluding carboxylic acids is 1. The number of nitrogens with one attached hydrogen (secondary N) is 1. The molecule has 3 aromatic rings. The Labute approximate surface area is 166 Å². The lowest BCUT2D eigenvalue weighted by molar-refractivity contribution is -0.121. The number of rotatable bonds is 5. The van der Waals surface area contributed by atoms with Crippen molar-refractivity contribution in [2.45, 2.75) is 30.7 Å². The van der Waals surface area contributed by atoms with Gasteiger partial charge < -0.3 is 14.8 Å². The zero-order valence-electron chi connectivity index (χ0n) is 15.1. The summed E-state index contributed by atoms with van der Waals surface area (Å²) in [6, 6.07) is 13.7. The van der Waals surface area contributed by atoms with Crippen molar-refractivity contribution in [3.63, 3.8) is 0 Å². The van der Waals surface area contributed by atoms with Gasteiger partial charge in [0.1, 0.15) is 23.9 Å². The Morgan fingerprint density at radius 1 is 1.14 bits per heavy atom. The van der Waals surface area contributed by atoms with Gasteiger partial charge in [-0.1, -0.05) is 41.6 Å². The van der Waals surface area contributed by atoms with Crippen LogP contribution in [-0.4, -0.2) is 52.4 Å². The molecular formula is C20H20N4O3S. The van der Waals surface area contributed by atoms with Crippen molar-refractivity contribution in [2.75, 3.05) is 13.2 Å². The van der Waals surface area contributed by atoms with Crippen LogP contribution < -0.4 is 5.32 Å². The average molecular weight is 396 g/mol. The van der Waals surface area contributed by atoms with Crippen LogP contribution in [0.1, 0.15) is 10.9 Å². The van der Waals surface area contributed by atoms with Crippen LogP contribution >= 0.6 is 11.3 Å². The SMILES string of the molecule is O=C(Cc1cccs1)N[C@H]1CO[C@H]2[C@@H]1OC[C@@H]2n1cc(-c2ccccc2)nn1. The standard InChI is InChI=1S/C20H20N4O3S/c25-18(9-14-7-4-8-28-14)21-16-11-26-20-17(12-27-19(16)20)24-10-15(22-23-24)13-5-2-1-3-6-13/h1-8,10,16-17,19-20H,9,11-12H2,(H,21,25)/t16-,17-,19+,20+/m0/s1. The van der Waals surface area contributed by atoms with Crippen molar-refractivity contribution < 1.29 is 14.3 Å². The first-order valence-electron chi connectivity index (χ1n) is 9.30. The Balaban J connectivity index is 1.25. The molecule has 0 unspecified atom stereocenters. The smallest absolute Gasteiger partial charge is 0.225 e. The first kappa shape index (κ1) is 17.5. The molecule has 2 aliphatic rings. The van der Waals surface area contributed by atoms with Crippen LogP contribution in [0.2, 0.25) is 0 Å². The number of benzene rings is 1. The van der Waals surface area contributed by atoms with Crippen LogP contribution in [0.5, 0.6) is 0 Å². The second kappa shape index (κ2) is 7.46. The first-order chi connectivity index (χ1) is 13.8. The molecule has 0 saturated carbocycles. The van der Waals surface area contributed by atoms with Gasteiger partial charge in [0, 0.05) is 10.4 Å². The molecule has 4 heterocycles. The molecule has 1 aromatic carbocycles. The van der Waals surface area contributed by atoms with Crippen molar-refractivity contribution >= 4 is 17.2 Å². The second-order valence-electron chi connectivity index (χ2n) is 7.04. The first-order valence-corrected chi connectivity index (χ1v) is 10.2. The normalized spacial score (nSPS) is 26.3. The number of hydrogen-bond donors (Lipinski definition) is 1. The van der Waals surface area contributed by atoms with Gasteiger partial charge in [0.25, 0.3) is 0 Å². The molecule has 28 heavy (non-hydrogen) atoms. The lowest BCUT2D eigenvalue weighted by atomic mass is 10.1. The summed E-state index contributed by atoms with van der Waals surface area (Å²) in [6.07, 6.45) is 2.01. The third kappa shape index (κ3) is 3.34. The average Bonchev–Trinajstić information content (AvgIpc) is 3.48. The Hall–Kier alpha value is -2.55. The number of carbonyl (C=O) groups is 1. The maximum absolute atomic E-state index is 12.3. The minimum Gasteiger partial charge on any atom is -0.371 e. The van der Waals surface area contributed by atoms with Crippen LogP contribution in [0.4, 0.5) is 0 Å². The maximum atomic E-state index is 12.3. The van der Waals surface area contributed by atoms with Crippen LogP contribution in [0.3, 0.4) is 0 Å². The highest BCUT2D eigenvalue weighted by atomic mass is 32.1. The number of amides is 1. The van der Waals surface area contributed by atoms with Crippen molar-refractivity contribution in [2.24, 2.45) is 0 Å². The van der Waals surface area contributed by atoms with Crippen molar-refractivity contribution in [1.82, 2.24) is 20.3 Å². The van der Waals surface area contributed by atoms with Crippen molar-refractivity contribution in [1.29, 1.82) is 0 Å². The Morgan fingerprint density at radius 2 is 2.00 bits per heavy atom. The number of hydrogen-bond acceptors (Lipinski definition) is 6. The zero-order valence-corrected chi connectivity index (χ0v) is 15.9. The number of fused-ring (bicyclic) bond motifs is 1. The minimum atomic E-state index is -0.165. The van der Waals surface area contributed by atoms with Crippen LogP contribution in [-0.2, 0) is 20.7 Å². The molecule has 0 aliphatic carbocycles. The molecule has 2 saturated heterocycles. The molecule has 0 spiro atoms. The van der Waals surface area contributed by atoms with E-state index < -0.39 is 0 Å². The highest BCUT2D eigenvalue weighted by molar-refractivity contribution is 7.10. The maximum Gasteiger partial charge on any atom is 0.225 e. The predicted octanol–water partition coefficient (Wildman–Crippen LogP) is 2.07. The number of nitrogens with zero attached hydrogens (tertiary/aromatic N) is 3. The van der Waals surface area contributed by atoms with E-state index in [9.17, 15) is 4.79 Å². The zero-order chi connectivity index (χ0) is 18.9. The third-order valence-corrected chi connectivity index (χ3v) is 6.08. The summed E-state index contributed by atoms with van der Waals surface area (Å²) in [5.74, 6) is -0.00382. The van der Waals surface area contributed by atoms with Gasteiger partial charge in [-0.25, -0.2) is 4.68 Å². The largest absolute Gasteiger partial charge is 0.371 e. The van der Waals surface area contributed by atoms with Crippen molar-refractivity contribution in [3.05, 3.63) is 58.9 Å². The number of thiophene rings is 1. The van der Waals surface area contributed by atoms with Crippen LogP contribution in [0, 0.1) is 0 Å². The molecule has 8 heteroatoms. The van der Waals surface area contributed by atoms with Gasteiger partial charge in [-0.2, -0.15) is 0 Å². The van der Waals surface area contributed by atoms with Crippen LogP contribution in [0.15, 0.2) is 54.0 Å². The summed E-state index contributed by atoms with van der Waals surface area (Å²) in [5.41, 5.74) is 1.85. The second-order valence-corrected chi connectivity index (χ2v) is 8.08. The monoisotopic (exact) mass is 396 g/mol. The number of aromatic nitrogens is 3. The van der Waals surface area contributed by atoms with E-state index in [-0.39, 0.29) is 30.2 Å². The lowest BCUT2D eigenvalue weighted by Gasteiger charge is -2.17. The third-order valence-electron chi connectivity index (χ3n) is 5.21. The Morgan fingerprint density at radius 3 is 2.82 bits per heavy atom. The van der Waals surface area contributed by atoms with E-state index in [0.717, 1.165) is 16.1 Å². The van der Waals surface area contributed by atoms with E-state index in [2.05, 4.69) is 15.6 Å². The summed E-state index contributed by atoms with van der Waals surface area (Å²) in [6.45, 7) is 0.937. The predicted molar refractivity (Wildman–Crippen MR) is 104 cm³/mol. The Bertz CT molecular complexity index is 944. The van der Waals surface area contributed by atoms with Gasteiger partial charge in [-0.15, -0.1) is 16.4 Å². The summed E-state index contributed by atoms with van der Waals surface area (Å²) in [4.78, 5) is 13.4. The summed E-state index contributed by atoms with van der Waals surface area (Å²) >= 11 is 1.58. The molecule has 0 radical (unpaired) electrons. The van der Waals surface area contributed by atoms with Gasteiger partial charge in [-0.05, 0) is 11.4 Å². The van der Waals surface area contributed by atoms with E-state index in [4.69, 9.17) is 9.47 Å². The van der Waals surface area contributed by atoms with E-state index in [1.54, 1.807) is 11.3 Å². The molecule has 2 aliphatic heterocycles. The molecule has 5 rings (SSSR count).